The summed E-state index contributed by atoms with van der Waals surface area (Å²) < 4.78 is 4.57. The van der Waals surface area contributed by atoms with Crippen molar-refractivity contribution in [1.29, 1.82) is 0 Å². The van der Waals surface area contributed by atoms with Gasteiger partial charge in [-0.1, -0.05) is 24.3 Å². The summed E-state index contributed by atoms with van der Waals surface area (Å²) in [6, 6.07) is 10.0. The molecule has 3 rings (SSSR count). The molecule has 3 nitrogen and oxygen atoms in total. The Morgan fingerprint density at radius 1 is 1.33 bits per heavy atom. The zero-order valence-corrected chi connectivity index (χ0v) is 13.3. The second-order valence-electron chi connectivity index (χ2n) is 4.98. The van der Waals surface area contributed by atoms with E-state index in [1.807, 2.05) is 42.5 Å². The number of ether oxygens (including phenoxy) is 1. The molecule has 0 bridgehead atoms. The maximum atomic E-state index is 10.9. The average Bonchev–Trinajstić information content (AvgIpc) is 2.98. The first-order valence-corrected chi connectivity index (χ1v) is 7.96. The fraction of sp³-hybridized carbons (Fsp3) is 0.353. The maximum absolute atomic E-state index is 10.9. The molecule has 2 heterocycles. The van der Waals surface area contributed by atoms with Gasteiger partial charge in [0.15, 0.2) is 0 Å². The highest BCUT2D eigenvalue weighted by Crippen LogP contribution is 2.19. The first kappa shape index (κ1) is 15.7. The first-order chi connectivity index (χ1) is 10.2. The standard InChI is InChI=1S/C10H12O2.C7H9NS/c1-8-5-3-4-6-9(8)7-10(11)12-2;1-3-8-5-6-2-4-9-7(1)6/h3-6H,7H2,1-2H3;2,4,8H,1,3,5H2. The summed E-state index contributed by atoms with van der Waals surface area (Å²) in [5, 5.41) is 5.51. The molecular formula is C17H21NO2S. The summed E-state index contributed by atoms with van der Waals surface area (Å²) >= 11 is 1.89. The number of carbonyl (C=O) groups excluding carboxylic acids is 1. The van der Waals surface area contributed by atoms with Gasteiger partial charge >= 0.3 is 5.97 Å². The Kier molecular flexibility index (Phi) is 5.96. The van der Waals surface area contributed by atoms with E-state index in [1.165, 1.54) is 19.1 Å². The highest BCUT2D eigenvalue weighted by atomic mass is 32.1. The van der Waals surface area contributed by atoms with Gasteiger partial charge in [0.25, 0.3) is 0 Å². The van der Waals surface area contributed by atoms with Gasteiger partial charge < -0.3 is 10.1 Å². The van der Waals surface area contributed by atoms with Crippen molar-refractivity contribution in [3.05, 3.63) is 57.3 Å². The van der Waals surface area contributed by atoms with E-state index in [4.69, 9.17) is 0 Å². The van der Waals surface area contributed by atoms with Crippen molar-refractivity contribution in [2.45, 2.75) is 26.3 Å². The number of hydrogen-bond acceptors (Lipinski definition) is 4. The maximum Gasteiger partial charge on any atom is 0.309 e. The van der Waals surface area contributed by atoms with E-state index in [2.05, 4.69) is 21.5 Å². The lowest BCUT2D eigenvalue weighted by Gasteiger charge is -2.10. The minimum absolute atomic E-state index is 0.190. The molecule has 1 aliphatic rings. The van der Waals surface area contributed by atoms with Crippen LogP contribution in [0.25, 0.3) is 0 Å². The third-order valence-corrected chi connectivity index (χ3v) is 4.53. The highest BCUT2D eigenvalue weighted by molar-refractivity contribution is 7.10. The molecule has 0 atom stereocenters. The van der Waals surface area contributed by atoms with E-state index >= 15 is 0 Å². The fourth-order valence-electron chi connectivity index (χ4n) is 2.20. The molecule has 0 amide bonds. The summed E-state index contributed by atoms with van der Waals surface area (Å²) in [6.45, 7) is 4.23. The van der Waals surface area contributed by atoms with Gasteiger partial charge in [-0.05, 0) is 41.5 Å². The summed E-state index contributed by atoms with van der Waals surface area (Å²) in [4.78, 5) is 12.5. The second kappa shape index (κ2) is 7.96. The van der Waals surface area contributed by atoms with Crippen LogP contribution in [0.2, 0.25) is 0 Å². The number of rotatable bonds is 2. The number of nitrogens with one attached hydrogen (secondary N) is 1. The number of thiophene rings is 1. The molecule has 0 radical (unpaired) electrons. The van der Waals surface area contributed by atoms with E-state index < -0.39 is 0 Å². The molecule has 1 N–H and O–H groups in total. The molecule has 2 aromatic rings. The lowest BCUT2D eigenvalue weighted by molar-refractivity contribution is -0.139. The normalized spacial score (nSPS) is 12.9. The minimum atomic E-state index is -0.190. The van der Waals surface area contributed by atoms with Gasteiger partial charge in [-0.2, -0.15) is 0 Å². The van der Waals surface area contributed by atoms with Crippen molar-refractivity contribution in [3.8, 4) is 0 Å². The van der Waals surface area contributed by atoms with Gasteiger partial charge in [-0.25, -0.2) is 0 Å². The van der Waals surface area contributed by atoms with Gasteiger partial charge in [-0.3, -0.25) is 4.79 Å². The molecule has 4 heteroatoms. The smallest absolute Gasteiger partial charge is 0.309 e. The molecule has 0 saturated heterocycles. The molecule has 0 unspecified atom stereocenters. The van der Waals surface area contributed by atoms with Crippen LogP contribution in [0.1, 0.15) is 21.6 Å². The third kappa shape index (κ3) is 4.69. The summed E-state index contributed by atoms with van der Waals surface area (Å²) in [6.07, 6.45) is 1.59. The van der Waals surface area contributed by atoms with Crippen LogP contribution in [0.15, 0.2) is 35.7 Å². The molecule has 1 aromatic heterocycles. The number of benzene rings is 1. The van der Waals surface area contributed by atoms with Crippen LogP contribution in [-0.4, -0.2) is 19.6 Å². The number of methoxy groups -OCH3 is 1. The monoisotopic (exact) mass is 303 g/mol. The minimum Gasteiger partial charge on any atom is -0.469 e. The van der Waals surface area contributed by atoms with Crippen LogP contribution in [-0.2, 0) is 28.9 Å². The van der Waals surface area contributed by atoms with Gasteiger partial charge in [0.1, 0.15) is 0 Å². The number of fused-ring (bicyclic) bond motifs is 1. The predicted octanol–water partition coefficient (Wildman–Crippen LogP) is 3.10. The Hall–Kier alpha value is -1.65. The number of carbonyl (C=O) groups is 1. The predicted molar refractivity (Wildman–Crippen MR) is 86.6 cm³/mol. The van der Waals surface area contributed by atoms with Crippen molar-refractivity contribution in [3.63, 3.8) is 0 Å². The van der Waals surface area contributed by atoms with Crippen LogP contribution in [0.5, 0.6) is 0 Å². The van der Waals surface area contributed by atoms with Gasteiger partial charge in [0.2, 0.25) is 0 Å². The second-order valence-corrected chi connectivity index (χ2v) is 5.98. The van der Waals surface area contributed by atoms with Crippen molar-refractivity contribution < 1.29 is 9.53 Å². The van der Waals surface area contributed by atoms with Crippen molar-refractivity contribution >= 4 is 17.3 Å². The molecular weight excluding hydrogens is 282 g/mol. The largest absolute Gasteiger partial charge is 0.469 e. The molecule has 0 fully saturated rings. The Labute approximate surface area is 130 Å². The van der Waals surface area contributed by atoms with Crippen LogP contribution < -0.4 is 5.32 Å². The fourth-order valence-corrected chi connectivity index (χ4v) is 3.11. The molecule has 1 aliphatic heterocycles. The van der Waals surface area contributed by atoms with Crippen molar-refractivity contribution in [2.75, 3.05) is 13.7 Å². The van der Waals surface area contributed by atoms with Gasteiger partial charge in [0, 0.05) is 18.0 Å². The van der Waals surface area contributed by atoms with Gasteiger partial charge in [0.05, 0.1) is 13.5 Å². The van der Waals surface area contributed by atoms with Crippen molar-refractivity contribution in [2.24, 2.45) is 0 Å². The van der Waals surface area contributed by atoms with Gasteiger partial charge in [-0.15, -0.1) is 11.3 Å². The van der Waals surface area contributed by atoms with E-state index in [-0.39, 0.29) is 5.97 Å². The first-order valence-electron chi connectivity index (χ1n) is 7.08. The lowest BCUT2D eigenvalue weighted by atomic mass is 10.1. The molecule has 0 spiro atoms. The van der Waals surface area contributed by atoms with Crippen LogP contribution >= 0.6 is 11.3 Å². The third-order valence-electron chi connectivity index (χ3n) is 3.51. The van der Waals surface area contributed by atoms with E-state index in [9.17, 15) is 4.79 Å². The highest BCUT2D eigenvalue weighted by Gasteiger charge is 2.07. The summed E-state index contributed by atoms with van der Waals surface area (Å²) in [7, 11) is 1.40. The Morgan fingerprint density at radius 2 is 2.14 bits per heavy atom. The zero-order chi connectivity index (χ0) is 15.1. The average molecular weight is 303 g/mol. The Morgan fingerprint density at radius 3 is 2.86 bits per heavy atom. The molecule has 0 aliphatic carbocycles. The van der Waals surface area contributed by atoms with Crippen LogP contribution in [0.4, 0.5) is 0 Å². The Balaban J connectivity index is 0.000000159. The summed E-state index contributed by atoms with van der Waals surface area (Å²) in [5.41, 5.74) is 3.67. The zero-order valence-electron chi connectivity index (χ0n) is 12.5. The lowest BCUT2D eigenvalue weighted by Crippen LogP contribution is -2.21. The molecule has 112 valence electrons. The van der Waals surface area contributed by atoms with E-state index in [0.717, 1.165) is 24.2 Å². The molecule has 21 heavy (non-hydrogen) atoms. The van der Waals surface area contributed by atoms with Crippen molar-refractivity contribution in [1.82, 2.24) is 5.32 Å². The quantitative estimate of drug-likeness (QED) is 0.866. The molecule has 0 saturated carbocycles. The number of hydrogen-bond donors (Lipinski definition) is 1. The van der Waals surface area contributed by atoms with Crippen LogP contribution in [0.3, 0.4) is 0 Å². The number of esters is 1. The molecule has 1 aromatic carbocycles. The van der Waals surface area contributed by atoms with Crippen LogP contribution in [0, 0.1) is 6.92 Å². The number of aryl methyl sites for hydroxylation is 1. The Bertz CT molecular complexity index is 571. The van der Waals surface area contributed by atoms with E-state index in [1.54, 1.807) is 4.88 Å². The topological polar surface area (TPSA) is 38.3 Å². The SMILES string of the molecule is COC(=O)Cc1ccccc1C.c1cc2c(s1)CCNC2. The van der Waals surface area contributed by atoms with E-state index in [0.29, 0.717) is 6.42 Å². The summed E-state index contributed by atoms with van der Waals surface area (Å²) in [5.74, 6) is -0.190.